The van der Waals surface area contributed by atoms with Crippen molar-refractivity contribution in [1.82, 2.24) is 14.3 Å². The van der Waals surface area contributed by atoms with Crippen LogP contribution in [0.25, 0.3) is 16.2 Å². The summed E-state index contributed by atoms with van der Waals surface area (Å²) in [4.78, 5) is 31.7. The molecular weight excluding hydrogens is 431 g/mol. The lowest BCUT2D eigenvalue weighted by molar-refractivity contribution is -0.149. The van der Waals surface area contributed by atoms with Gasteiger partial charge in [0.2, 0.25) is 0 Å². The van der Waals surface area contributed by atoms with Crippen molar-refractivity contribution in [3.63, 3.8) is 0 Å². The molecule has 1 aliphatic heterocycles. The van der Waals surface area contributed by atoms with E-state index in [0.717, 1.165) is 12.1 Å². The summed E-state index contributed by atoms with van der Waals surface area (Å²) >= 11 is 1.30. The lowest BCUT2D eigenvalue weighted by atomic mass is 9.96. The standard InChI is InChI=1S/C21H20F3N3O3S/c1-2-30-19(29)13-6-8-26(9-7-13)18(28)16-17(27-10-11-31-20(27)25-16)14-4-3-5-15(12-14)21(22,23)24/h3-5,10-13H,2,6-9H2,1H3. The molecular formula is C21H20F3N3O3S. The van der Waals surface area contributed by atoms with Gasteiger partial charge in [0.05, 0.1) is 23.8 Å². The van der Waals surface area contributed by atoms with Gasteiger partial charge in [-0.25, -0.2) is 4.98 Å². The molecule has 0 saturated carbocycles. The lowest BCUT2D eigenvalue weighted by Crippen LogP contribution is -2.41. The first-order valence-electron chi connectivity index (χ1n) is 9.88. The topological polar surface area (TPSA) is 63.9 Å². The number of ether oxygens (including phenoxy) is 1. The monoisotopic (exact) mass is 451 g/mol. The van der Waals surface area contributed by atoms with Gasteiger partial charge in [-0.2, -0.15) is 13.2 Å². The van der Waals surface area contributed by atoms with Crippen LogP contribution in [0.5, 0.6) is 0 Å². The summed E-state index contributed by atoms with van der Waals surface area (Å²) in [7, 11) is 0. The maximum Gasteiger partial charge on any atom is 0.416 e. The number of piperidine rings is 1. The van der Waals surface area contributed by atoms with Gasteiger partial charge in [-0.15, -0.1) is 11.3 Å². The van der Waals surface area contributed by atoms with Gasteiger partial charge in [0.15, 0.2) is 10.7 Å². The van der Waals surface area contributed by atoms with Gasteiger partial charge in [-0.3, -0.25) is 14.0 Å². The number of fused-ring (bicyclic) bond motifs is 1. The minimum atomic E-state index is -4.49. The maximum absolute atomic E-state index is 13.3. The predicted octanol–water partition coefficient (Wildman–Crippen LogP) is 4.50. The van der Waals surface area contributed by atoms with Gasteiger partial charge < -0.3 is 9.64 Å². The molecule has 1 aliphatic rings. The van der Waals surface area contributed by atoms with Gasteiger partial charge in [0.25, 0.3) is 5.91 Å². The molecule has 0 N–H and O–H groups in total. The number of esters is 1. The van der Waals surface area contributed by atoms with Crippen LogP contribution in [-0.2, 0) is 15.7 Å². The number of rotatable bonds is 4. The first-order valence-corrected chi connectivity index (χ1v) is 10.8. The third-order valence-electron chi connectivity index (χ3n) is 5.33. The zero-order chi connectivity index (χ0) is 22.2. The van der Waals surface area contributed by atoms with Crippen molar-refractivity contribution in [2.24, 2.45) is 5.92 Å². The van der Waals surface area contributed by atoms with E-state index < -0.39 is 11.7 Å². The minimum Gasteiger partial charge on any atom is -0.466 e. The third-order valence-corrected chi connectivity index (χ3v) is 6.09. The average molecular weight is 451 g/mol. The van der Waals surface area contributed by atoms with E-state index in [1.54, 1.807) is 33.9 Å². The molecule has 10 heteroatoms. The normalized spacial score (nSPS) is 15.4. The Morgan fingerprint density at radius 3 is 2.68 bits per heavy atom. The van der Waals surface area contributed by atoms with Gasteiger partial charge in [-0.1, -0.05) is 12.1 Å². The fourth-order valence-corrected chi connectivity index (χ4v) is 4.50. The number of amides is 1. The molecule has 1 aromatic carbocycles. The number of aromatic nitrogens is 2. The number of carbonyl (C=O) groups is 2. The van der Waals surface area contributed by atoms with E-state index in [0.29, 0.717) is 43.2 Å². The molecule has 164 valence electrons. The van der Waals surface area contributed by atoms with Gasteiger partial charge in [0.1, 0.15) is 0 Å². The zero-order valence-corrected chi connectivity index (χ0v) is 17.5. The van der Waals surface area contributed by atoms with Crippen LogP contribution in [0.4, 0.5) is 13.2 Å². The Labute approximate surface area is 180 Å². The van der Waals surface area contributed by atoms with Crippen molar-refractivity contribution >= 4 is 28.2 Å². The Balaban J connectivity index is 1.65. The van der Waals surface area contributed by atoms with E-state index in [2.05, 4.69) is 4.98 Å². The highest BCUT2D eigenvalue weighted by Gasteiger charge is 2.33. The molecule has 0 atom stereocenters. The Hall–Kier alpha value is -2.88. The number of nitrogens with zero attached hydrogens (tertiary/aromatic N) is 3. The highest BCUT2D eigenvalue weighted by atomic mass is 32.1. The smallest absolute Gasteiger partial charge is 0.416 e. The summed E-state index contributed by atoms with van der Waals surface area (Å²) in [5.74, 6) is -0.871. The molecule has 1 amide bonds. The Morgan fingerprint density at radius 2 is 2.00 bits per heavy atom. The summed E-state index contributed by atoms with van der Waals surface area (Å²) in [5.41, 5.74) is -0.0741. The molecule has 3 heterocycles. The van der Waals surface area contributed by atoms with E-state index in [4.69, 9.17) is 4.74 Å². The Morgan fingerprint density at radius 1 is 1.26 bits per heavy atom. The molecule has 0 spiro atoms. The SMILES string of the molecule is CCOC(=O)C1CCN(C(=O)c2nc3sccn3c2-c2cccc(C(F)(F)F)c2)CC1. The van der Waals surface area contributed by atoms with Crippen LogP contribution < -0.4 is 0 Å². The predicted molar refractivity (Wildman–Crippen MR) is 109 cm³/mol. The molecule has 1 saturated heterocycles. The Bertz CT molecular complexity index is 1110. The van der Waals surface area contributed by atoms with Gasteiger partial charge in [0, 0.05) is 30.2 Å². The molecule has 4 rings (SSSR count). The van der Waals surface area contributed by atoms with Crippen LogP contribution in [0.2, 0.25) is 0 Å². The van der Waals surface area contributed by atoms with Crippen LogP contribution in [-0.4, -0.2) is 45.9 Å². The number of benzene rings is 1. The number of thiazole rings is 1. The summed E-state index contributed by atoms with van der Waals surface area (Å²) in [6, 6.07) is 4.89. The molecule has 0 aliphatic carbocycles. The van der Waals surface area contributed by atoms with Crippen LogP contribution in [0.3, 0.4) is 0 Å². The number of likely N-dealkylation sites (tertiary alicyclic amines) is 1. The van der Waals surface area contributed by atoms with Crippen molar-refractivity contribution < 1.29 is 27.5 Å². The molecule has 6 nitrogen and oxygen atoms in total. The van der Waals surface area contributed by atoms with Crippen LogP contribution >= 0.6 is 11.3 Å². The first-order chi connectivity index (χ1) is 14.8. The average Bonchev–Trinajstić information content (AvgIpc) is 3.34. The summed E-state index contributed by atoms with van der Waals surface area (Å²) in [6.45, 7) is 2.77. The van der Waals surface area contributed by atoms with E-state index in [9.17, 15) is 22.8 Å². The third kappa shape index (κ3) is 4.16. The highest BCUT2D eigenvalue weighted by molar-refractivity contribution is 7.15. The molecule has 0 unspecified atom stereocenters. The van der Waals surface area contributed by atoms with Gasteiger partial charge >= 0.3 is 12.1 Å². The molecule has 1 fully saturated rings. The van der Waals surface area contributed by atoms with Crippen molar-refractivity contribution in [3.8, 4) is 11.3 Å². The van der Waals surface area contributed by atoms with Crippen LogP contribution in [0, 0.1) is 5.92 Å². The number of hydrogen-bond donors (Lipinski definition) is 0. The zero-order valence-electron chi connectivity index (χ0n) is 16.7. The molecule has 31 heavy (non-hydrogen) atoms. The number of alkyl halides is 3. The van der Waals surface area contributed by atoms with Crippen molar-refractivity contribution in [1.29, 1.82) is 0 Å². The van der Waals surface area contributed by atoms with Crippen molar-refractivity contribution in [2.45, 2.75) is 25.9 Å². The van der Waals surface area contributed by atoms with Gasteiger partial charge in [-0.05, 0) is 31.9 Å². The number of carbonyl (C=O) groups excluding carboxylic acids is 2. The van der Waals surface area contributed by atoms with E-state index in [-0.39, 0.29) is 29.1 Å². The second-order valence-corrected chi connectivity index (χ2v) is 8.13. The summed E-state index contributed by atoms with van der Waals surface area (Å²) in [6.07, 6.45) is -1.85. The minimum absolute atomic E-state index is 0.112. The number of imidazole rings is 1. The first kappa shape index (κ1) is 21.4. The summed E-state index contributed by atoms with van der Waals surface area (Å²) in [5, 5.41) is 1.76. The highest BCUT2D eigenvalue weighted by Crippen LogP contribution is 2.35. The fraction of sp³-hybridized carbons (Fsp3) is 0.381. The fourth-order valence-electron chi connectivity index (χ4n) is 3.78. The largest absolute Gasteiger partial charge is 0.466 e. The Kier molecular flexibility index (Phi) is 5.74. The van der Waals surface area contributed by atoms with Crippen LogP contribution in [0.1, 0.15) is 35.8 Å². The van der Waals surface area contributed by atoms with Crippen molar-refractivity contribution in [2.75, 3.05) is 19.7 Å². The second-order valence-electron chi connectivity index (χ2n) is 7.26. The lowest BCUT2D eigenvalue weighted by Gasteiger charge is -2.30. The quantitative estimate of drug-likeness (QED) is 0.548. The van der Waals surface area contributed by atoms with E-state index >= 15 is 0 Å². The molecule has 2 aromatic heterocycles. The molecule has 0 radical (unpaired) electrons. The second kappa shape index (κ2) is 8.33. The van der Waals surface area contributed by atoms with Crippen LogP contribution in [0.15, 0.2) is 35.8 Å². The van der Waals surface area contributed by atoms with E-state index in [1.165, 1.54) is 17.4 Å². The molecule has 3 aromatic rings. The van der Waals surface area contributed by atoms with Crippen molar-refractivity contribution in [3.05, 3.63) is 47.1 Å². The van der Waals surface area contributed by atoms with E-state index in [1.807, 2.05) is 0 Å². The number of hydrogen-bond acceptors (Lipinski definition) is 5. The maximum atomic E-state index is 13.3. The number of halogens is 3. The molecule has 0 bridgehead atoms. The summed E-state index contributed by atoms with van der Waals surface area (Å²) < 4.78 is 46.4.